The molecule has 2 aromatic carbocycles. The van der Waals surface area contributed by atoms with E-state index in [1.807, 2.05) is 26.0 Å². The minimum atomic E-state index is -4.05. The number of pyridine rings is 1. The maximum Gasteiger partial charge on any atom is 0.248 e. The molecule has 0 amide bonds. The van der Waals surface area contributed by atoms with Crippen LogP contribution in [-0.4, -0.2) is 85.1 Å². The van der Waals surface area contributed by atoms with Gasteiger partial charge in [0.2, 0.25) is 15.5 Å². The number of sulfone groups is 1. The molecule has 2 atom stereocenters. The van der Waals surface area contributed by atoms with Gasteiger partial charge >= 0.3 is 0 Å². The molecular formula is C32H41N3O8S2. The Bertz CT molecular complexity index is 1860. The van der Waals surface area contributed by atoms with Gasteiger partial charge in [0, 0.05) is 37.3 Å². The maximum atomic E-state index is 13.8. The van der Waals surface area contributed by atoms with Crippen LogP contribution in [0.2, 0.25) is 0 Å². The molecule has 45 heavy (non-hydrogen) atoms. The van der Waals surface area contributed by atoms with Crippen molar-refractivity contribution < 1.29 is 31.5 Å². The largest absolute Gasteiger partial charge is 0.406 e. The van der Waals surface area contributed by atoms with Crippen molar-refractivity contribution in [2.75, 3.05) is 26.2 Å². The summed E-state index contributed by atoms with van der Waals surface area (Å²) in [5, 5.41) is 11.9. The number of nitrogens with zero attached hydrogens (tertiary/aromatic N) is 3. The monoisotopic (exact) mass is 659 g/mol. The summed E-state index contributed by atoms with van der Waals surface area (Å²) in [6.45, 7) is 6.91. The summed E-state index contributed by atoms with van der Waals surface area (Å²) in [6.07, 6.45) is 3.50. The highest BCUT2D eigenvalue weighted by molar-refractivity contribution is 7.92. The smallest absolute Gasteiger partial charge is 0.248 e. The van der Waals surface area contributed by atoms with Gasteiger partial charge in [-0.1, -0.05) is 12.1 Å². The van der Waals surface area contributed by atoms with Crippen molar-refractivity contribution in [1.29, 1.82) is 0 Å². The van der Waals surface area contributed by atoms with Crippen LogP contribution in [0.1, 0.15) is 51.5 Å². The van der Waals surface area contributed by atoms with E-state index in [0.29, 0.717) is 61.9 Å². The van der Waals surface area contributed by atoms with Gasteiger partial charge in [-0.3, -0.25) is 4.79 Å². The third-order valence-electron chi connectivity index (χ3n) is 9.16. The highest BCUT2D eigenvalue weighted by atomic mass is 32.2. The Kier molecular flexibility index (Phi) is 8.63. The summed E-state index contributed by atoms with van der Waals surface area (Å²) in [7, 11) is -7.44. The number of aryl methyl sites for hydroxylation is 2. The summed E-state index contributed by atoms with van der Waals surface area (Å²) in [4.78, 5) is 19.6. The fourth-order valence-electron chi connectivity index (χ4n) is 6.48. The first-order valence-corrected chi connectivity index (χ1v) is 18.6. The number of aliphatic hydroxyl groups is 1. The number of rotatable bonds is 10. The first-order chi connectivity index (χ1) is 21.3. The van der Waals surface area contributed by atoms with Gasteiger partial charge in [0.25, 0.3) is 0 Å². The van der Waals surface area contributed by atoms with Crippen LogP contribution in [0.25, 0.3) is 10.9 Å². The van der Waals surface area contributed by atoms with E-state index in [-0.39, 0.29) is 40.7 Å². The molecule has 1 aliphatic carbocycles. The Hall–Kier alpha value is -2.81. The number of fused-ring (bicyclic) bond motifs is 1. The zero-order valence-electron chi connectivity index (χ0n) is 25.9. The molecule has 3 fully saturated rings. The second-order valence-electron chi connectivity index (χ2n) is 12.6. The van der Waals surface area contributed by atoms with Crippen molar-refractivity contribution >= 4 is 30.8 Å². The molecule has 11 nitrogen and oxygen atoms in total. The first-order valence-electron chi connectivity index (χ1n) is 15.6. The molecule has 1 N–H and O–H groups in total. The summed E-state index contributed by atoms with van der Waals surface area (Å²) in [5.41, 5.74) is 0.624. The van der Waals surface area contributed by atoms with Gasteiger partial charge in [-0.25, -0.2) is 16.8 Å². The highest BCUT2D eigenvalue weighted by Crippen LogP contribution is 2.40. The number of piperidine rings is 1. The number of ether oxygens (including phenoxy) is 1. The summed E-state index contributed by atoms with van der Waals surface area (Å²) < 4.78 is 62.7. The molecule has 1 aromatic heterocycles. The normalized spacial score (nSPS) is 21.5. The zero-order chi connectivity index (χ0) is 32.1. The van der Waals surface area contributed by atoms with Crippen LogP contribution in [0.15, 0.2) is 63.2 Å². The van der Waals surface area contributed by atoms with E-state index in [1.54, 1.807) is 40.8 Å². The summed E-state index contributed by atoms with van der Waals surface area (Å²) >= 11 is 0. The van der Waals surface area contributed by atoms with Gasteiger partial charge in [-0.15, -0.1) is 5.06 Å². The van der Waals surface area contributed by atoms with E-state index >= 15 is 0 Å². The molecule has 2 unspecified atom stereocenters. The van der Waals surface area contributed by atoms with E-state index < -0.39 is 37.0 Å². The van der Waals surface area contributed by atoms with E-state index in [1.165, 1.54) is 16.6 Å². The van der Waals surface area contributed by atoms with Crippen LogP contribution in [-0.2, 0) is 31.1 Å². The fraction of sp³-hybridized carbons (Fsp3) is 0.531. The second kappa shape index (κ2) is 12.1. The predicted octanol–water partition coefficient (Wildman–Crippen LogP) is 3.25. The van der Waals surface area contributed by atoms with Gasteiger partial charge in [0.1, 0.15) is 10.6 Å². The lowest BCUT2D eigenvalue weighted by atomic mass is 9.88. The van der Waals surface area contributed by atoms with Gasteiger partial charge in [0.15, 0.2) is 9.84 Å². The third-order valence-corrected chi connectivity index (χ3v) is 13.3. The molecule has 0 bridgehead atoms. The standard InChI is InChI=1S/C32H41N3O8S2/c1-4-33-20-30(31(37)28-11-8-22(2)16-29(28)33)45(40,41)34-14-12-32(13-15-34)18-24(21-42-32)35(19-23(3)36)43-25-6-5-7-27(17-25)44(38,39)26-9-10-26/h5-8,11,16-17,20,23-24,26,36H,4,9-10,12-15,18-19,21H2,1-3H3. The number of aliphatic hydroxyl groups excluding tert-OH is 1. The lowest BCUT2D eigenvalue weighted by molar-refractivity contribution is -0.115. The van der Waals surface area contributed by atoms with Crippen LogP contribution in [0.5, 0.6) is 5.75 Å². The van der Waals surface area contributed by atoms with Crippen molar-refractivity contribution in [1.82, 2.24) is 13.9 Å². The number of benzene rings is 2. The average Bonchev–Trinajstić information content (AvgIpc) is 3.79. The number of aromatic nitrogens is 1. The minimum Gasteiger partial charge on any atom is -0.406 e. The van der Waals surface area contributed by atoms with Crippen LogP contribution in [0.3, 0.4) is 0 Å². The van der Waals surface area contributed by atoms with Crippen molar-refractivity contribution in [2.24, 2.45) is 0 Å². The Balaban J connectivity index is 1.17. The van der Waals surface area contributed by atoms with Gasteiger partial charge in [-0.05, 0) is 82.7 Å². The number of hydroxylamine groups is 2. The molecule has 3 aliphatic rings. The molecule has 1 spiro atoms. The van der Waals surface area contributed by atoms with E-state index in [2.05, 4.69) is 0 Å². The average molecular weight is 660 g/mol. The number of hydrogen-bond acceptors (Lipinski definition) is 9. The predicted molar refractivity (Wildman–Crippen MR) is 169 cm³/mol. The van der Waals surface area contributed by atoms with E-state index in [0.717, 1.165) is 5.56 Å². The van der Waals surface area contributed by atoms with E-state index in [9.17, 15) is 26.7 Å². The summed E-state index contributed by atoms with van der Waals surface area (Å²) in [5.74, 6) is 0.363. The second-order valence-corrected chi connectivity index (χ2v) is 16.8. The Labute approximate surface area is 264 Å². The zero-order valence-corrected chi connectivity index (χ0v) is 27.5. The quantitative estimate of drug-likeness (QED) is 0.326. The molecule has 3 aromatic rings. The highest BCUT2D eigenvalue weighted by Gasteiger charge is 2.47. The molecule has 0 radical (unpaired) electrons. The van der Waals surface area contributed by atoms with Gasteiger partial charge < -0.3 is 19.2 Å². The Morgan fingerprint density at radius 2 is 1.84 bits per heavy atom. The molecule has 6 rings (SSSR count). The molecule has 244 valence electrons. The molecular weight excluding hydrogens is 618 g/mol. The molecule has 13 heteroatoms. The van der Waals surface area contributed by atoms with Crippen LogP contribution < -0.4 is 10.3 Å². The van der Waals surface area contributed by atoms with Crippen molar-refractivity contribution in [3.8, 4) is 5.75 Å². The van der Waals surface area contributed by atoms with Gasteiger partial charge in [0.05, 0.1) is 46.6 Å². The molecule has 2 aliphatic heterocycles. The van der Waals surface area contributed by atoms with Crippen LogP contribution in [0, 0.1) is 6.92 Å². The molecule has 3 heterocycles. The van der Waals surface area contributed by atoms with Crippen molar-refractivity contribution in [2.45, 2.75) is 92.2 Å². The molecule has 2 saturated heterocycles. The van der Waals surface area contributed by atoms with Gasteiger partial charge in [-0.2, -0.15) is 4.31 Å². The Morgan fingerprint density at radius 3 is 2.51 bits per heavy atom. The number of sulfonamides is 1. The van der Waals surface area contributed by atoms with E-state index in [4.69, 9.17) is 9.57 Å². The number of hydrogen-bond donors (Lipinski definition) is 1. The fourth-order valence-corrected chi connectivity index (χ4v) is 9.72. The van der Waals surface area contributed by atoms with Crippen molar-refractivity contribution in [3.63, 3.8) is 0 Å². The molecule has 1 saturated carbocycles. The third kappa shape index (κ3) is 6.30. The topological polar surface area (TPSA) is 135 Å². The summed E-state index contributed by atoms with van der Waals surface area (Å²) in [6, 6.07) is 11.6. The SMILES string of the molecule is CCn1cc(S(=O)(=O)N2CCC3(CC2)CC(N(CC(C)O)Oc2cccc(S(=O)(=O)C4CC4)c2)CO3)c(=O)c2ccc(C)cc21. The minimum absolute atomic E-state index is 0.176. The van der Waals surface area contributed by atoms with Crippen LogP contribution >= 0.6 is 0 Å². The first kappa shape index (κ1) is 32.1. The maximum absolute atomic E-state index is 13.8. The lowest BCUT2D eigenvalue weighted by Gasteiger charge is -2.38. The van der Waals surface area contributed by atoms with Crippen molar-refractivity contribution in [3.05, 3.63) is 64.4 Å². The Morgan fingerprint density at radius 1 is 1.11 bits per heavy atom. The van der Waals surface area contributed by atoms with Crippen LogP contribution in [0.4, 0.5) is 0 Å². The lowest BCUT2D eigenvalue weighted by Crippen LogP contribution is -2.48.